The monoisotopic (exact) mass is 240 g/mol. The normalized spacial score (nSPS) is 31.4. The number of amides is 2. The van der Waals surface area contributed by atoms with Gasteiger partial charge < -0.3 is 15.0 Å². The summed E-state index contributed by atoms with van der Waals surface area (Å²) < 4.78 is 5.19. The van der Waals surface area contributed by atoms with Gasteiger partial charge in [-0.05, 0) is 32.6 Å². The predicted octanol–water partition coefficient (Wildman–Crippen LogP) is 0.147. The first-order valence-electron chi connectivity index (χ1n) is 6.18. The maximum Gasteiger partial charge on any atom is 0.245 e. The number of rotatable bonds is 4. The lowest BCUT2D eigenvalue weighted by Crippen LogP contribution is -2.64. The van der Waals surface area contributed by atoms with Crippen molar-refractivity contribution in [3.05, 3.63) is 0 Å². The van der Waals surface area contributed by atoms with Crippen molar-refractivity contribution in [2.75, 3.05) is 13.7 Å². The van der Waals surface area contributed by atoms with Crippen molar-refractivity contribution in [3.8, 4) is 0 Å². The quantitative estimate of drug-likeness (QED) is 0.761. The molecule has 0 spiro atoms. The Balaban J connectivity index is 2.14. The molecule has 0 aromatic heterocycles. The number of methoxy groups -OCH3 is 1. The van der Waals surface area contributed by atoms with Crippen LogP contribution in [0, 0.1) is 5.92 Å². The first-order valence-corrected chi connectivity index (χ1v) is 6.18. The molecule has 3 atom stereocenters. The van der Waals surface area contributed by atoms with E-state index in [2.05, 4.69) is 5.32 Å². The molecule has 0 bridgehead atoms. The summed E-state index contributed by atoms with van der Waals surface area (Å²) in [4.78, 5) is 25.8. The molecule has 1 aliphatic heterocycles. The highest BCUT2D eigenvalue weighted by Gasteiger charge is 2.46. The molecule has 96 valence electrons. The zero-order chi connectivity index (χ0) is 12.6. The summed E-state index contributed by atoms with van der Waals surface area (Å²) in [6, 6.07) is -0.696. The molecule has 1 heterocycles. The Morgan fingerprint density at radius 2 is 2.12 bits per heavy atom. The van der Waals surface area contributed by atoms with E-state index in [-0.39, 0.29) is 24.0 Å². The molecule has 5 heteroatoms. The van der Waals surface area contributed by atoms with Crippen LogP contribution in [0.25, 0.3) is 0 Å². The van der Waals surface area contributed by atoms with E-state index in [1.807, 2.05) is 6.92 Å². The minimum absolute atomic E-state index is 0.00500. The summed E-state index contributed by atoms with van der Waals surface area (Å²) in [5.74, 6) is 0.337. The molecular weight excluding hydrogens is 220 g/mol. The van der Waals surface area contributed by atoms with Gasteiger partial charge in [0.25, 0.3) is 0 Å². The second-order valence-electron chi connectivity index (χ2n) is 5.05. The first-order chi connectivity index (χ1) is 8.04. The fourth-order valence-electron chi connectivity index (χ4n) is 2.32. The summed E-state index contributed by atoms with van der Waals surface area (Å²) >= 11 is 0. The molecule has 2 rings (SSSR count). The van der Waals surface area contributed by atoms with Gasteiger partial charge in [-0.1, -0.05) is 0 Å². The summed E-state index contributed by atoms with van der Waals surface area (Å²) in [7, 11) is 1.62. The smallest absolute Gasteiger partial charge is 0.245 e. The summed E-state index contributed by atoms with van der Waals surface area (Å²) in [5, 5.41) is 2.75. The molecule has 1 saturated carbocycles. The highest BCUT2D eigenvalue weighted by Crippen LogP contribution is 2.37. The summed E-state index contributed by atoms with van der Waals surface area (Å²) in [6.07, 6.45) is 2.04. The van der Waals surface area contributed by atoms with Gasteiger partial charge >= 0.3 is 0 Å². The van der Waals surface area contributed by atoms with Gasteiger partial charge in [-0.2, -0.15) is 0 Å². The fourth-order valence-corrected chi connectivity index (χ4v) is 2.32. The van der Waals surface area contributed by atoms with Crippen LogP contribution in [0.15, 0.2) is 0 Å². The van der Waals surface area contributed by atoms with Gasteiger partial charge in [-0.3, -0.25) is 9.59 Å². The van der Waals surface area contributed by atoms with Crippen LogP contribution in [0.2, 0.25) is 0 Å². The van der Waals surface area contributed by atoms with Crippen LogP contribution in [0.3, 0.4) is 0 Å². The van der Waals surface area contributed by atoms with Gasteiger partial charge in [0.1, 0.15) is 12.1 Å². The molecule has 2 aliphatic rings. The molecule has 1 N–H and O–H groups in total. The van der Waals surface area contributed by atoms with Crippen LogP contribution in [0.5, 0.6) is 0 Å². The van der Waals surface area contributed by atoms with Crippen LogP contribution in [-0.4, -0.2) is 48.6 Å². The topological polar surface area (TPSA) is 58.6 Å². The highest BCUT2D eigenvalue weighted by atomic mass is 16.5. The van der Waals surface area contributed by atoms with Crippen LogP contribution < -0.4 is 5.32 Å². The molecule has 2 fully saturated rings. The number of carbonyl (C=O) groups is 2. The maximum atomic E-state index is 12.1. The Morgan fingerprint density at radius 3 is 2.65 bits per heavy atom. The molecular formula is C12H20N2O3. The lowest BCUT2D eigenvalue weighted by Gasteiger charge is -2.39. The zero-order valence-corrected chi connectivity index (χ0v) is 10.6. The number of hydrogen-bond acceptors (Lipinski definition) is 3. The van der Waals surface area contributed by atoms with Crippen LogP contribution in [0.4, 0.5) is 0 Å². The molecule has 0 aromatic rings. The third-order valence-corrected chi connectivity index (χ3v) is 3.54. The summed E-state index contributed by atoms with van der Waals surface area (Å²) in [5.41, 5.74) is 0. The number of nitrogens with zero attached hydrogens (tertiary/aromatic N) is 1. The van der Waals surface area contributed by atoms with Crippen molar-refractivity contribution in [3.63, 3.8) is 0 Å². The SMILES string of the molecule is COC(C)CN1C(=O)C(C)NC(=O)C1C1CC1. The van der Waals surface area contributed by atoms with E-state index in [4.69, 9.17) is 4.74 Å². The Labute approximate surface area is 101 Å². The second kappa shape index (κ2) is 4.64. The van der Waals surface area contributed by atoms with E-state index in [9.17, 15) is 9.59 Å². The van der Waals surface area contributed by atoms with Gasteiger partial charge in [-0.15, -0.1) is 0 Å². The van der Waals surface area contributed by atoms with Crippen molar-refractivity contribution in [1.29, 1.82) is 0 Å². The van der Waals surface area contributed by atoms with Crippen LogP contribution in [-0.2, 0) is 14.3 Å². The predicted molar refractivity (Wildman–Crippen MR) is 62.3 cm³/mol. The summed E-state index contributed by atoms with van der Waals surface area (Å²) in [6.45, 7) is 4.14. The third kappa shape index (κ3) is 2.44. The second-order valence-corrected chi connectivity index (χ2v) is 5.05. The minimum Gasteiger partial charge on any atom is -0.380 e. The Morgan fingerprint density at radius 1 is 1.47 bits per heavy atom. The van der Waals surface area contributed by atoms with Crippen LogP contribution in [0.1, 0.15) is 26.7 Å². The molecule has 1 saturated heterocycles. The molecule has 5 nitrogen and oxygen atoms in total. The van der Waals surface area contributed by atoms with Gasteiger partial charge in [0, 0.05) is 13.7 Å². The van der Waals surface area contributed by atoms with Crippen molar-refractivity contribution in [2.45, 2.75) is 44.9 Å². The molecule has 17 heavy (non-hydrogen) atoms. The van der Waals surface area contributed by atoms with E-state index < -0.39 is 6.04 Å². The van der Waals surface area contributed by atoms with Crippen molar-refractivity contribution in [1.82, 2.24) is 10.2 Å². The third-order valence-electron chi connectivity index (χ3n) is 3.54. The number of piperazine rings is 1. The van der Waals surface area contributed by atoms with E-state index in [0.29, 0.717) is 12.5 Å². The molecule has 1 aliphatic carbocycles. The molecule has 0 radical (unpaired) electrons. The lowest BCUT2D eigenvalue weighted by atomic mass is 10.0. The maximum absolute atomic E-state index is 12.1. The van der Waals surface area contributed by atoms with E-state index in [0.717, 1.165) is 12.8 Å². The van der Waals surface area contributed by atoms with Crippen molar-refractivity contribution in [2.24, 2.45) is 5.92 Å². The van der Waals surface area contributed by atoms with Gasteiger partial charge in [0.15, 0.2) is 0 Å². The minimum atomic E-state index is -0.415. The van der Waals surface area contributed by atoms with Gasteiger partial charge in [0.2, 0.25) is 11.8 Å². The van der Waals surface area contributed by atoms with Gasteiger partial charge in [0.05, 0.1) is 6.10 Å². The average Bonchev–Trinajstić information content (AvgIpc) is 3.09. The number of nitrogens with one attached hydrogen (secondary N) is 1. The zero-order valence-electron chi connectivity index (χ0n) is 10.6. The van der Waals surface area contributed by atoms with E-state index in [1.165, 1.54) is 0 Å². The standard InChI is InChI=1S/C12H20N2O3/c1-7(17-3)6-14-10(9-4-5-9)11(15)13-8(2)12(14)16/h7-10H,4-6H2,1-3H3,(H,13,15). The molecule has 3 unspecified atom stereocenters. The van der Waals surface area contributed by atoms with E-state index in [1.54, 1.807) is 18.9 Å². The number of carbonyl (C=O) groups excluding carboxylic acids is 2. The Bertz CT molecular complexity index is 328. The average molecular weight is 240 g/mol. The van der Waals surface area contributed by atoms with Crippen LogP contribution >= 0.6 is 0 Å². The Kier molecular flexibility index (Phi) is 3.38. The fraction of sp³-hybridized carbons (Fsp3) is 0.833. The van der Waals surface area contributed by atoms with E-state index >= 15 is 0 Å². The largest absolute Gasteiger partial charge is 0.380 e. The lowest BCUT2D eigenvalue weighted by molar-refractivity contribution is -0.151. The number of ether oxygens (including phenoxy) is 1. The number of hydrogen-bond donors (Lipinski definition) is 1. The first kappa shape index (κ1) is 12.4. The molecule has 2 amide bonds. The molecule has 0 aromatic carbocycles. The van der Waals surface area contributed by atoms with Crippen molar-refractivity contribution >= 4 is 11.8 Å². The van der Waals surface area contributed by atoms with Gasteiger partial charge in [-0.25, -0.2) is 0 Å². The van der Waals surface area contributed by atoms with Crippen molar-refractivity contribution < 1.29 is 14.3 Å². The highest BCUT2D eigenvalue weighted by molar-refractivity contribution is 5.97. The Hall–Kier alpha value is -1.10.